The Labute approximate surface area is 135 Å². The summed E-state index contributed by atoms with van der Waals surface area (Å²) in [5.41, 5.74) is 0.386. The fourth-order valence-electron chi connectivity index (χ4n) is 2.04. The lowest BCUT2D eigenvalue weighted by Gasteiger charge is -2.31. The average molecular weight is 346 g/mol. The van der Waals surface area contributed by atoms with Gasteiger partial charge in [-0.25, -0.2) is 0 Å². The molecule has 1 rings (SSSR count). The molecular weight excluding hydrogens is 323 g/mol. The van der Waals surface area contributed by atoms with Gasteiger partial charge in [0, 0.05) is 6.92 Å². The molecule has 1 aromatic rings. The number of ether oxygens (including phenoxy) is 1. The first-order chi connectivity index (χ1) is 10.9. The number of aliphatic hydroxyl groups is 2. The summed E-state index contributed by atoms with van der Waals surface area (Å²) in [5, 5.41) is 20.7. The molecule has 0 heterocycles. The van der Waals surface area contributed by atoms with Crippen molar-refractivity contribution >= 4 is 13.6 Å². The fraction of sp³-hybridized carbons (Fsp3) is 0.533. The first-order valence-electron chi connectivity index (χ1n) is 7.32. The third-order valence-electron chi connectivity index (χ3n) is 2.97. The number of benzene rings is 1. The van der Waals surface area contributed by atoms with Crippen LogP contribution in [0.3, 0.4) is 0 Å². The molecule has 0 aliphatic rings. The molecule has 0 amide bonds. The van der Waals surface area contributed by atoms with Crippen LogP contribution < -0.4 is 0 Å². The zero-order chi connectivity index (χ0) is 17.5. The Hall–Kier alpha value is -1.24. The zero-order valence-electron chi connectivity index (χ0n) is 13.4. The predicted octanol–water partition coefficient (Wildman–Crippen LogP) is 2.24. The van der Waals surface area contributed by atoms with Gasteiger partial charge in [-0.1, -0.05) is 30.3 Å². The van der Waals surface area contributed by atoms with E-state index < -0.39 is 31.6 Å². The second-order valence-electron chi connectivity index (χ2n) is 4.72. The normalized spacial score (nSPS) is 15.7. The molecule has 3 atom stereocenters. The van der Waals surface area contributed by atoms with E-state index in [0.29, 0.717) is 5.56 Å². The Bertz CT molecular complexity index is 524. The van der Waals surface area contributed by atoms with Gasteiger partial charge < -0.3 is 24.0 Å². The van der Waals surface area contributed by atoms with Crippen LogP contribution in [0.2, 0.25) is 0 Å². The lowest BCUT2D eigenvalue weighted by Crippen LogP contribution is -2.36. The van der Waals surface area contributed by atoms with Crippen LogP contribution in [0.4, 0.5) is 0 Å². The molecule has 0 saturated heterocycles. The maximum Gasteiger partial charge on any atom is 0.373 e. The molecule has 23 heavy (non-hydrogen) atoms. The summed E-state index contributed by atoms with van der Waals surface area (Å²) in [6, 6.07) is 8.28. The first-order valence-corrected chi connectivity index (χ1v) is 8.94. The van der Waals surface area contributed by atoms with Crippen LogP contribution in [-0.2, 0) is 23.1 Å². The molecule has 0 aliphatic heterocycles. The van der Waals surface area contributed by atoms with E-state index in [4.69, 9.17) is 13.8 Å². The van der Waals surface area contributed by atoms with Gasteiger partial charge in [-0.2, -0.15) is 0 Å². The van der Waals surface area contributed by atoms with E-state index >= 15 is 0 Å². The average Bonchev–Trinajstić information content (AvgIpc) is 2.52. The van der Waals surface area contributed by atoms with E-state index in [1.807, 2.05) is 0 Å². The van der Waals surface area contributed by atoms with Crippen LogP contribution in [0.25, 0.3) is 0 Å². The van der Waals surface area contributed by atoms with Crippen LogP contribution in [0.5, 0.6) is 0 Å². The van der Waals surface area contributed by atoms with E-state index in [-0.39, 0.29) is 13.2 Å². The lowest BCUT2D eigenvalue weighted by atomic mass is 10.1. The molecule has 7 nitrogen and oxygen atoms in total. The summed E-state index contributed by atoms with van der Waals surface area (Å²) in [5.74, 6) is -2.40. The van der Waals surface area contributed by atoms with E-state index in [2.05, 4.69) is 0 Å². The quantitative estimate of drug-likeness (QED) is 0.522. The van der Waals surface area contributed by atoms with Crippen molar-refractivity contribution in [2.75, 3.05) is 13.2 Å². The van der Waals surface area contributed by atoms with Crippen molar-refractivity contribution in [2.24, 2.45) is 0 Å². The van der Waals surface area contributed by atoms with Crippen molar-refractivity contribution in [1.82, 2.24) is 0 Å². The van der Waals surface area contributed by atoms with Crippen LogP contribution in [0.1, 0.15) is 32.4 Å². The minimum atomic E-state index is -3.97. The highest BCUT2D eigenvalue weighted by atomic mass is 31.2. The molecule has 1 aromatic carbocycles. The van der Waals surface area contributed by atoms with Gasteiger partial charge in [0.15, 0.2) is 0 Å². The zero-order valence-corrected chi connectivity index (χ0v) is 14.3. The summed E-state index contributed by atoms with van der Waals surface area (Å²) >= 11 is 0. The Morgan fingerprint density at radius 1 is 1.13 bits per heavy atom. The minimum Gasteiger partial charge on any atom is -0.447 e. The molecule has 8 heteroatoms. The minimum absolute atomic E-state index is 0.0309. The van der Waals surface area contributed by atoms with Crippen LogP contribution in [0, 0.1) is 0 Å². The maximum atomic E-state index is 12.8. The highest BCUT2D eigenvalue weighted by molar-refractivity contribution is 7.54. The van der Waals surface area contributed by atoms with E-state index in [9.17, 15) is 19.6 Å². The SMILES string of the molecule is CCOP(=O)(OCC)[C@H](OC(C)=O)C(O)C(O)c1ccccc1. The largest absolute Gasteiger partial charge is 0.447 e. The summed E-state index contributed by atoms with van der Waals surface area (Å²) in [4.78, 5) is 11.3. The topological polar surface area (TPSA) is 102 Å². The molecule has 0 spiro atoms. The van der Waals surface area contributed by atoms with Crippen LogP contribution in [0.15, 0.2) is 30.3 Å². The van der Waals surface area contributed by atoms with Crippen molar-refractivity contribution in [3.63, 3.8) is 0 Å². The number of carbonyl (C=O) groups excluding carboxylic acids is 1. The van der Waals surface area contributed by atoms with Gasteiger partial charge in [0.05, 0.1) is 13.2 Å². The van der Waals surface area contributed by atoms with Gasteiger partial charge in [0.25, 0.3) is 0 Å². The summed E-state index contributed by atoms with van der Waals surface area (Å²) < 4.78 is 28.0. The Morgan fingerprint density at radius 2 is 1.65 bits per heavy atom. The van der Waals surface area contributed by atoms with Gasteiger partial charge >= 0.3 is 13.6 Å². The molecule has 2 N–H and O–H groups in total. The standard InChI is InChI=1S/C15H23O7P/c1-4-20-23(19,21-5-2)15(22-11(3)16)14(18)13(17)12-9-7-6-8-10-12/h6-10,13-15,17-18H,4-5H2,1-3H3/t13?,14?,15-/m0/s1. The van der Waals surface area contributed by atoms with Crippen LogP contribution in [-0.4, -0.2) is 41.3 Å². The smallest absolute Gasteiger partial charge is 0.373 e. The van der Waals surface area contributed by atoms with Crippen molar-refractivity contribution < 1.29 is 33.4 Å². The van der Waals surface area contributed by atoms with E-state index in [1.165, 1.54) is 0 Å². The van der Waals surface area contributed by atoms with Gasteiger partial charge in [-0.15, -0.1) is 0 Å². The number of rotatable bonds is 9. The predicted molar refractivity (Wildman–Crippen MR) is 83.8 cm³/mol. The number of aliphatic hydroxyl groups excluding tert-OH is 2. The lowest BCUT2D eigenvalue weighted by molar-refractivity contribution is -0.152. The Balaban J connectivity index is 3.13. The summed E-state index contributed by atoms with van der Waals surface area (Å²) in [7, 11) is -3.97. The number of carbonyl (C=O) groups is 1. The van der Waals surface area contributed by atoms with Crippen molar-refractivity contribution in [3.8, 4) is 0 Å². The van der Waals surface area contributed by atoms with Gasteiger partial charge in [-0.3, -0.25) is 9.36 Å². The number of hydrogen-bond acceptors (Lipinski definition) is 7. The molecule has 130 valence electrons. The third-order valence-corrected chi connectivity index (χ3v) is 5.24. The highest BCUT2D eigenvalue weighted by Crippen LogP contribution is 2.55. The van der Waals surface area contributed by atoms with E-state index in [0.717, 1.165) is 6.92 Å². The number of esters is 1. The molecule has 0 radical (unpaired) electrons. The third kappa shape index (κ3) is 5.41. The maximum absolute atomic E-state index is 12.8. The van der Waals surface area contributed by atoms with Gasteiger partial charge in [-0.05, 0) is 19.4 Å². The molecule has 0 aromatic heterocycles. The molecule has 0 bridgehead atoms. The van der Waals surface area contributed by atoms with Gasteiger partial charge in [0.1, 0.15) is 12.2 Å². The molecular formula is C15H23O7P. The van der Waals surface area contributed by atoms with Gasteiger partial charge in [0.2, 0.25) is 5.85 Å². The van der Waals surface area contributed by atoms with Crippen molar-refractivity contribution in [1.29, 1.82) is 0 Å². The first kappa shape index (κ1) is 19.8. The molecule has 0 aliphatic carbocycles. The van der Waals surface area contributed by atoms with Crippen LogP contribution >= 0.6 is 7.60 Å². The number of hydrogen-bond donors (Lipinski definition) is 2. The molecule has 0 fully saturated rings. The second-order valence-corrected chi connectivity index (χ2v) is 6.83. The highest BCUT2D eigenvalue weighted by Gasteiger charge is 2.46. The monoisotopic (exact) mass is 346 g/mol. The Morgan fingerprint density at radius 3 is 2.09 bits per heavy atom. The second kappa shape index (κ2) is 9.15. The Kier molecular flexibility index (Phi) is 7.88. The fourth-order valence-corrected chi connectivity index (χ4v) is 3.94. The summed E-state index contributed by atoms with van der Waals surface area (Å²) in [6.45, 7) is 4.36. The summed E-state index contributed by atoms with van der Waals surface area (Å²) in [6.07, 6.45) is -3.10. The van der Waals surface area contributed by atoms with E-state index in [1.54, 1.807) is 44.2 Å². The van der Waals surface area contributed by atoms with Crippen molar-refractivity contribution in [2.45, 2.75) is 38.8 Å². The van der Waals surface area contributed by atoms with Crippen molar-refractivity contribution in [3.05, 3.63) is 35.9 Å². The molecule has 2 unspecified atom stereocenters. The molecule has 0 saturated carbocycles.